The molecule has 11 heteroatoms. The Balaban J connectivity index is 1.23. The number of fused-ring (bicyclic) bond motifs is 1. The number of benzene rings is 2. The average molecular weight is 712 g/mol. The lowest BCUT2D eigenvalue weighted by Gasteiger charge is -2.21. The van der Waals surface area contributed by atoms with Gasteiger partial charge in [0.15, 0.2) is 5.84 Å². The molecule has 11 nitrogen and oxygen atoms in total. The Morgan fingerprint density at radius 2 is 1.54 bits per heavy atom. The van der Waals surface area contributed by atoms with Gasteiger partial charge in [-0.15, -0.1) is 0 Å². The number of imidazole rings is 1. The second kappa shape index (κ2) is 22.1. The summed E-state index contributed by atoms with van der Waals surface area (Å²) in [7, 11) is 1.95. The minimum atomic E-state index is -0.367. The first-order valence-electron chi connectivity index (χ1n) is 19.0. The fraction of sp³-hybridized carbons (Fsp3) is 0.488. The largest absolute Gasteiger partial charge is 0.466 e. The predicted octanol–water partition coefficient (Wildman–Crippen LogP) is 8.52. The van der Waals surface area contributed by atoms with Gasteiger partial charge in [-0.2, -0.15) is 0 Å². The molecule has 0 bridgehead atoms. The van der Waals surface area contributed by atoms with E-state index in [9.17, 15) is 9.59 Å². The molecule has 3 N–H and O–H groups in total. The third-order valence-corrected chi connectivity index (χ3v) is 9.12. The van der Waals surface area contributed by atoms with Crippen molar-refractivity contribution >= 4 is 40.3 Å². The summed E-state index contributed by atoms with van der Waals surface area (Å²) in [6, 6.07) is 18.5. The molecular formula is C41H57N7O4. The van der Waals surface area contributed by atoms with Gasteiger partial charge in [0, 0.05) is 36.6 Å². The van der Waals surface area contributed by atoms with E-state index in [1.165, 1.54) is 69.1 Å². The van der Waals surface area contributed by atoms with Crippen LogP contribution in [0.25, 0.3) is 11.0 Å². The van der Waals surface area contributed by atoms with E-state index < -0.39 is 0 Å². The molecule has 0 spiro atoms. The maximum Gasteiger partial charge on any atom is 0.307 e. The number of carbonyl (C=O) groups is 2. The van der Waals surface area contributed by atoms with E-state index in [1.54, 1.807) is 43.5 Å². The normalized spacial score (nSPS) is 11.5. The number of rotatable bonds is 24. The summed E-state index contributed by atoms with van der Waals surface area (Å²) >= 11 is 0. The average Bonchev–Trinajstić information content (AvgIpc) is 3.48. The molecule has 2 aromatic heterocycles. The van der Waals surface area contributed by atoms with Gasteiger partial charge in [0.2, 0.25) is 0 Å². The highest BCUT2D eigenvalue weighted by Crippen LogP contribution is 2.22. The minimum Gasteiger partial charge on any atom is -0.466 e. The number of nitrogens with zero attached hydrogens (tertiary/aromatic N) is 5. The number of nitrogens with one attached hydrogen (secondary N) is 1. The van der Waals surface area contributed by atoms with Gasteiger partial charge in [-0.05, 0) is 74.4 Å². The topological polar surface area (TPSA) is 137 Å². The van der Waals surface area contributed by atoms with E-state index in [0.29, 0.717) is 35.9 Å². The quantitative estimate of drug-likeness (QED) is 0.0243. The van der Waals surface area contributed by atoms with Crippen LogP contribution in [0, 0.1) is 0 Å². The number of hydrogen-bond acceptors (Lipinski definition) is 8. The number of esters is 1. The molecule has 0 unspecified atom stereocenters. The first kappa shape index (κ1) is 39.8. The molecule has 0 fully saturated rings. The van der Waals surface area contributed by atoms with Crippen molar-refractivity contribution in [1.29, 1.82) is 0 Å². The van der Waals surface area contributed by atoms with Crippen LogP contribution in [0.4, 0.5) is 11.5 Å². The number of aryl methyl sites for hydroxylation is 1. The van der Waals surface area contributed by atoms with Crippen molar-refractivity contribution in [2.45, 2.75) is 104 Å². The summed E-state index contributed by atoms with van der Waals surface area (Å²) in [5, 5.41) is 7.54. The van der Waals surface area contributed by atoms with Gasteiger partial charge < -0.3 is 25.2 Å². The second-order valence-electron chi connectivity index (χ2n) is 13.1. The number of ether oxygens (including phenoxy) is 1. The molecule has 4 rings (SSSR count). The second-order valence-corrected chi connectivity index (χ2v) is 13.1. The molecule has 0 saturated heterocycles. The van der Waals surface area contributed by atoms with E-state index in [4.69, 9.17) is 20.3 Å². The predicted molar refractivity (Wildman–Crippen MR) is 209 cm³/mol. The highest BCUT2D eigenvalue weighted by molar-refractivity contribution is 6.07. The lowest BCUT2D eigenvalue weighted by atomic mass is 10.1. The summed E-state index contributed by atoms with van der Waals surface area (Å²) < 4.78 is 7.07. The number of aromatic nitrogens is 3. The van der Waals surface area contributed by atoms with Crippen LogP contribution in [-0.4, -0.2) is 52.0 Å². The molecule has 0 saturated carbocycles. The van der Waals surface area contributed by atoms with Gasteiger partial charge in [0.25, 0.3) is 5.91 Å². The van der Waals surface area contributed by atoms with Crippen LogP contribution < -0.4 is 16.0 Å². The number of anilines is 2. The van der Waals surface area contributed by atoms with E-state index in [-0.39, 0.29) is 31.4 Å². The number of carbonyl (C=O) groups excluding carboxylic acids is 2. The van der Waals surface area contributed by atoms with Gasteiger partial charge in [-0.3, -0.25) is 14.5 Å². The zero-order valence-electron chi connectivity index (χ0n) is 31.3. The van der Waals surface area contributed by atoms with Crippen LogP contribution in [0.2, 0.25) is 0 Å². The lowest BCUT2D eigenvalue weighted by molar-refractivity contribution is -0.142. The first-order valence-corrected chi connectivity index (χ1v) is 19.0. The molecule has 0 aliphatic rings. The highest BCUT2D eigenvalue weighted by Gasteiger charge is 2.21. The monoisotopic (exact) mass is 711 g/mol. The number of pyridine rings is 1. The van der Waals surface area contributed by atoms with E-state index in [1.807, 2.05) is 41.9 Å². The molecule has 2 aromatic carbocycles. The Kier molecular flexibility index (Phi) is 16.9. The van der Waals surface area contributed by atoms with Crippen LogP contribution in [0.15, 0.2) is 72.0 Å². The molecule has 0 atom stereocenters. The lowest BCUT2D eigenvalue weighted by Crippen LogP contribution is -2.34. The zero-order valence-corrected chi connectivity index (χ0v) is 31.3. The Morgan fingerprint density at radius 3 is 2.19 bits per heavy atom. The first-order chi connectivity index (χ1) is 25.4. The Hall–Kier alpha value is -4.93. The molecule has 2 heterocycles. The van der Waals surface area contributed by atoms with Crippen LogP contribution in [0.1, 0.15) is 119 Å². The molecule has 4 aromatic rings. The third kappa shape index (κ3) is 12.7. The molecular weight excluding hydrogens is 654 g/mol. The van der Waals surface area contributed by atoms with Gasteiger partial charge in [0.1, 0.15) is 18.2 Å². The Labute approximate surface area is 309 Å². The number of nitrogens with two attached hydrogens (primary N) is 1. The van der Waals surface area contributed by atoms with Crippen molar-refractivity contribution in [2.75, 3.05) is 30.0 Å². The van der Waals surface area contributed by atoms with Crippen molar-refractivity contribution in [3.8, 4) is 0 Å². The van der Waals surface area contributed by atoms with Crippen LogP contribution >= 0.6 is 0 Å². The minimum absolute atomic E-state index is 0.0610. The van der Waals surface area contributed by atoms with Gasteiger partial charge >= 0.3 is 5.97 Å². The standard InChI is InChI=1S/C41H57N7O4/c1-4-6-7-8-9-10-11-12-13-14-15-18-29-52-46-40(42)32-20-23-34(24-21-32)44-31-38-45-35-30-33(22-25-36(35)47(38)3)41(50)48(28-26-39(49)51-5-2)37-19-16-17-27-43-37/h16-17,19-25,27,30,44H,4-15,18,26,28-29,31H2,1-3H3,(H2,42,46). The maximum absolute atomic E-state index is 13.7. The molecule has 0 aliphatic carbocycles. The van der Waals surface area contributed by atoms with E-state index in [0.717, 1.165) is 35.4 Å². The molecule has 280 valence electrons. The third-order valence-electron chi connectivity index (χ3n) is 9.12. The maximum atomic E-state index is 13.7. The smallest absolute Gasteiger partial charge is 0.307 e. The Morgan fingerprint density at radius 1 is 0.865 bits per heavy atom. The van der Waals surface area contributed by atoms with Gasteiger partial charge in [-0.25, -0.2) is 9.97 Å². The van der Waals surface area contributed by atoms with Gasteiger partial charge in [-0.1, -0.05) is 82.4 Å². The van der Waals surface area contributed by atoms with Crippen molar-refractivity contribution in [1.82, 2.24) is 14.5 Å². The number of oxime groups is 1. The number of hydrogen-bond donors (Lipinski definition) is 2. The van der Waals surface area contributed by atoms with Gasteiger partial charge in [0.05, 0.1) is 30.6 Å². The zero-order chi connectivity index (χ0) is 37.0. The van der Waals surface area contributed by atoms with Crippen molar-refractivity contribution in [3.05, 3.63) is 83.8 Å². The molecule has 1 amide bonds. The summed E-state index contributed by atoms with van der Waals surface area (Å²) in [6.07, 6.45) is 17.3. The fourth-order valence-corrected chi connectivity index (χ4v) is 6.08. The fourth-order valence-electron chi connectivity index (χ4n) is 6.08. The van der Waals surface area contributed by atoms with Crippen LogP contribution in [0.3, 0.4) is 0 Å². The van der Waals surface area contributed by atoms with Crippen molar-refractivity contribution in [3.63, 3.8) is 0 Å². The highest BCUT2D eigenvalue weighted by atomic mass is 16.6. The number of amidine groups is 1. The number of unbranched alkanes of at least 4 members (excludes halogenated alkanes) is 11. The molecule has 0 aliphatic heterocycles. The van der Waals surface area contributed by atoms with Crippen LogP contribution in [0.5, 0.6) is 0 Å². The molecule has 0 radical (unpaired) electrons. The summed E-state index contributed by atoms with van der Waals surface area (Å²) in [5.74, 6) is 0.986. The summed E-state index contributed by atoms with van der Waals surface area (Å²) in [5.41, 5.74) is 9.93. The van der Waals surface area contributed by atoms with Crippen LogP contribution in [-0.2, 0) is 28.0 Å². The SMILES string of the molecule is CCCCCCCCCCCCCCON=C(N)c1ccc(NCc2nc3cc(C(=O)N(CCC(=O)OCC)c4ccccn4)ccc3n2C)cc1. The molecule has 52 heavy (non-hydrogen) atoms. The number of amides is 1. The van der Waals surface area contributed by atoms with Crippen molar-refractivity contribution in [2.24, 2.45) is 17.9 Å². The van der Waals surface area contributed by atoms with Crippen molar-refractivity contribution < 1.29 is 19.2 Å². The summed E-state index contributed by atoms with van der Waals surface area (Å²) in [6.45, 7) is 5.50. The van der Waals surface area contributed by atoms with E-state index >= 15 is 0 Å². The van der Waals surface area contributed by atoms with E-state index in [2.05, 4.69) is 22.4 Å². The summed E-state index contributed by atoms with van der Waals surface area (Å²) in [4.78, 5) is 41.9. The Bertz CT molecular complexity index is 1690.